The van der Waals surface area contributed by atoms with E-state index in [1.165, 1.54) is 0 Å². The van der Waals surface area contributed by atoms with Crippen molar-refractivity contribution in [3.05, 3.63) is 45.1 Å². The van der Waals surface area contributed by atoms with E-state index in [1.807, 2.05) is 28.9 Å². The summed E-state index contributed by atoms with van der Waals surface area (Å²) in [5.74, 6) is 0. The van der Waals surface area contributed by atoms with E-state index in [-0.39, 0.29) is 0 Å². The molecule has 1 aromatic carbocycles. The molecule has 0 saturated carbocycles. The average molecular weight is 343 g/mol. The quantitative estimate of drug-likeness (QED) is 0.867. The third kappa shape index (κ3) is 3.12. The number of benzene rings is 1. The van der Waals surface area contributed by atoms with Crippen LogP contribution in [0.4, 0.5) is 5.69 Å². The van der Waals surface area contributed by atoms with Crippen molar-refractivity contribution in [2.45, 2.75) is 33.4 Å². The maximum atomic E-state index is 6.14. The summed E-state index contributed by atoms with van der Waals surface area (Å²) in [4.78, 5) is 0. The number of nitrogens with zero attached hydrogens (tertiary/aromatic N) is 2. The smallest absolute Gasteiger partial charge is 0.0767 e. The van der Waals surface area contributed by atoms with Crippen molar-refractivity contribution in [1.82, 2.24) is 9.78 Å². The molecule has 0 spiro atoms. The van der Waals surface area contributed by atoms with Gasteiger partial charge in [0.1, 0.15) is 0 Å². The number of hydrogen-bond donors (Lipinski definition) is 1. The molecule has 0 aliphatic carbocycles. The van der Waals surface area contributed by atoms with E-state index >= 15 is 0 Å². The van der Waals surface area contributed by atoms with Gasteiger partial charge in [-0.3, -0.25) is 4.68 Å². The van der Waals surface area contributed by atoms with Crippen LogP contribution in [0.5, 0.6) is 0 Å². The van der Waals surface area contributed by atoms with Crippen LogP contribution in [-0.4, -0.2) is 9.78 Å². The Morgan fingerprint density at radius 1 is 1.32 bits per heavy atom. The predicted molar refractivity (Wildman–Crippen MR) is 83.8 cm³/mol. The van der Waals surface area contributed by atoms with Gasteiger partial charge in [-0.2, -0.15) is 5.10 Å². The summed E-state index contributed by atoms with van der Waals surface area (Å²) in [6.07, 6.45) is 0.923. The van der Waals surface area contributed by atoms with Crippen molar-refractivity contribution in [1.29, 1.82) is 0 Å². The fourth-order valence-corrected chi connectivity index (χ4v) is 2.88. The van der Waals surface area contributed by atoms with Crippen molar-refractivity contribution in [3.63, 3.8) is 0 Å². The van der Waals surface area contributed by atoms with Crippen molar-refractivity contribution < 1.29 is 0 Å². The molecule has 2 aromatic rings. The van der Waals surface area contributed by atoms with Gasteiger partial charge in [0.2, 0.25) is 0 Å². The van der Waals surface area contributed by atoms with E-state index < -0.39 is 0 Å². The molecule has 0 aliphatic rings. The highest BCUT2D eigenvalue weighted by molar-refractivity contribution is 9.10. The van der Waals surface area contributed by atoms with Crippen molar-refractivity contribution in [2.24, 2.45) is 0 Å². The molecule has 1 heterocycles. The summed E-state index contributed by atoms with van der Waals surface area (Å²) in [5, 5.41) is 8.67. The number of aromatic nitrogens is 2. The van der Waals surface area contributed by atoms with Crippen LogP contribution in [0.2, 0.25) is 5.02 Å². The zero-order valence-corrected chi connectivity index (χ0v) is 13.4. The minimum Gasteiger partial charge on any atom is -0.378 e. The highest BCUT2D eigenvalue weighted by Crippen LogP contribution is 2.25. The lowest BCUT2D eigenvalue weighted by Gasteiger charge is -2.10. The third-order valence-corrected chi connectivity index (χ3v) is 4.26. The molecule has 0 amide bonds. The number of hydrogen-bond acceptors (Lipinski definition) is 2. The summed E-state index contributed by atoms with van der Waals surface area (Å²) in [6.45, 7) is 5.76. The van der Waals surface area contributed by atoms with Crippen LogP contribution >= 0.6 is 27.5 Å². The number of nitrogens with one attached hydrogen (secondary N) is 1. The average Bonchev–Trinajstić information content (AvgIpc) is 2.74. The summed E-state index contributed by atoms with van der Waals surface area (Å²) in [6, 6.07) is 7.75. The van der Waals surface area contributed by atoms with Crippen molar-refractivity contribution >= 4 is 33.2 Å². The molecule has 19 heavy (non-hydrogen) atoms. The van der Waals surface area contributed by atoms with Crippen LogP contribution in [0.3, 0.4) is 0 Å². The zero-order chi connectivity index (χ0) is 13.8. The maximum Gasteiger partial charge on any atom is 0.0767 e. The second-order valence-electron chi connectivity index (χ2n) is 4.21. The van der Waals surface area contributed by atoms with Gasteiger partial charge in [0.15, 0.2) is 0 Å². The van der Waals surface area contributed by atoms with E-state index in [2.05, 4.69) is 40.2 Å². The summed E-state index contributed by atoms with van der Waals surface area (Å²) in [7, 11) is 0. The van der Waals surface area contributed by atoms with E-state index in [0.29, 0.717) is 6.54 Å². The van der Waals surface area contributed by atoms with E-state index in [0.717, 1.165) is 39.5 Å². The molecule has 0 bridgehead atoms. The molecule has 0 aliphatic heterocycles. The van der Waals surface area contributed by atoms with Gasteiger partial charge in [-0.1, -0.05) is 30.7 Å². The number of para-hydroxylation sites is 1. The molecule has 5 heteroatoms. The standard InChI is InChI=1S/C14H17BrClN3/c1-3-11-14(15)13(19(4-2)18-11)9-17-12-8-6-5-7-10(12)16/h5-8,17H,3-4,9H2,1-2H3. The van der Waals surface area contributed by atoms with E-state index in [1.54, 1.807) is 0 Å². The highest BCUT2D eigenvalue weighted by Gasteiger charge is 2.13. The van der Waals surface area contributed by atoms with Crippen LogP contribution in [0.15, 0.2) is 28.7 Å². The van der Waals surface area contributed by atoms with Gasteiger partial charge in [-0.25, -0.2) is 0 Å². The first kappa shape index (κ1) is 14.4. The number of aryl methyl sites for hydroxylation is 2. The molecule has 1 N–H and O–H groups in total. The minimum atomic E-state index is 0.700. The Kier molecular flexibility index (Phi) is 4.88. The molecule has 0 fully saturated rings. The Hall–Kier alpha value is -1.000. The molecule has 0 unspecified atom stereocenters. The predicted octanol–water partition coefficient (Wildman–Crippen LogP) is 4.49. The largest absolute Gasteiger partial charge is 0.378 e. The molecule has 102 valence electrons. The Morgan fingerprint density at radius 2 is 2.05 bits per heavy atom. The number of rotatable bonds is 5. The SMILES string of the molecule is CCc1nn(CC)c(CNc2ccccc2Cl)c1Br. The van der Waals surface area contributed by atoms with Gasteiger partial charge in [0, 0.05) is 6.54 Å². The van der Waals surface area contributed by atoms with E-state index in [4.69, 9.17) is 11.6 Å². The first-order chi connectivity index (χ1) is 9.17. The first-order valence-electron chi connectivity index (χ1n) is 6.39. The lowest BCUT2D eigenvalue weighted by atomic mass is 10.3. The topological polar surface area (TPSA) is 29.9 Å². The molecular formula is C14H17BrClN3. The van der Waals surface area contributed by atoms with Crippen LogP contribution in [0.25, 0.3) is 0 Å². The Balaban J connectivity index is 2.20. The van der Waals surface area contributed by atoms with Crippen molar-refractivity contribution in [3.8, 4) is 0 Å². The van der Waals surface area contributed by atoms with Crippen LogP contribution in [-0.2, 0) is 19.5 Å². The second-order valence-corrected chi connectivity index (χ2v) is 5.41. The van der Waals surface area contributed by atoms with Gasteiger partial charge in [-0.15, -0.1) is 0 Å². The summed E-state index contributed by atoms with van der Waals surface area (Å²) >= 11 is 9.78. The number of anilines is 1. The van der Waals surface area contributed by atoms with Crippen LogP contribution < -0.4 is 5.32 Å². The van der Waals surface area contributed by atoms with Gasteiger partial charge in [-0.05, 0) is 41.4 Å². The summed E-state index contributed by atoms with van der Waals surface area (Å²) in [5.41, 5.74) is 3.19. The first-order valence-corrected chi connectivity index (χ1v) is 7.56. The molecule has 0 atom stereocenters. The minimum absolute atomic E-state index is 0.700. The lowest BCUT2D eigenvalue weighted by Crippen LogP contribution is -2.08. The fourth-order valence-electron chi connectivity index (χ4n) is 1.97. The normalized spacial score (nSPS) is 10.7. The lowest BCUT2D eigenvalue weighted by molar-refractivity contribution is 0.619. The van der Waals surface area contributed by atoms with Crippen LogP contribution in [0.1, 0.15) is 25.2 Å². The summed E-state index contributed by atoms with van der Waals surface area (Å²) < 4.78 is 3.11. The second kappa shape index (κ2) is 6.44. The molecular weight excluding hydrogens is 326 g/mol. The van der Waals surface area contributed by atoms with Gasteiger partial charge in [0.25, 0.3) is 0 Å². The number of halogens is 2. The van der Waals surface area contributed by atoms with E-state index in [9.17, 15) is 0 Å². The van der Waals surface area contributed by atoms with Crippen molar-refractivity contribution in [2.75, 3.05) is 5.32 Å². The monoisotopic (exact) mass is 341 g/mol. The highest BCUT2D eigenvalue weighted by atomic mass is 79.9. The Bertz CT molecular complexity index is 566. The Morgan fingerprint density at radius 3 is 2.68 bits per heavy atom. The Labute approximate surface area is 127 Å². The van der Waals surface area contributed by atoms with Crippen LogP contribution in [0, 0.1) is 0 Å². The molecule has 1 aromatic heterocycles. The fraction of sp³-hybridized carbons (Fsp3) is 0.357. The maximum absolute atomic E-state index is 6.14. The molecule has 0 saturated heterocycles. The molecule has 3 nitrogen and oxygen atoms in total. The molecule has 2 rings (SSSR count). The van der Waals surface area contributed by atoms with Gasteiger partial charge in [0.05, 0.1) is 33.1 Å². The molecule has 0 radical (unpaired) electrons. The third-order valence-electron chi connectivity index (χ3n) is 3.01. The van der Waals surface area contributed by atoms with Gasteiger partial charge >= 0.3 is 0 Å². The van der Waals surface area contributed by atoms with Gasteiger partial charge < -0.3 is 5.32 Å². The zero-order valence-electron chi connectivity index (χ0n) is 11.1.